The van der Waals surface area contributed by atoms with E-state index in [1.165, 1.54) is 0 Å². The van der Waals surface area contributed by atoms with Gasteiger partial charge in [-0.15, -0.1) is 0 Å². The summed E-state index contributed by atoms with van der Waals surface area (Å²) in [7, 11) is 1.90. The molecule has 2 heterocycles. The molecule has 0 aliphatic carbocycles. The van der Waals surface area contributed by atoms with Crippen LogP contribution in [0.15, 0.2) is 30.3 Å². The van der Waals surface area contributed by atoms with Crippen LogP contribution >= 0.6 is 0 Å². The van der Waals surface area contributed by atoms with Crippen molar-refractivity contribution in [3.05, 3.63) is 52.8 Å². The van der Waals surface area contributed by atoms with Crippen molar-refractivity contribution in [2.24, 2.45) is 7.05 Å². The van der Waals surface area contributed by atoms with Crippen LogP contribution in [0.1, 0.15) is 36.4 Å². The Kier molecular flexibility index (Phi) is 5.59. The normalized spacial score (nSPS) is 15.0. The monoisotopic (exact) mass is 382 g/mol. The largest absolute Gasteiger partial charge is 0.339 e. The number of benzene rings is 1. The first-order chi connectivity index (χ1) is 13.2. The zero-order valence-corrected chi connectivity index (χ0v) is 17.5. The number of carbonyl (C=O) groups is 2. The van der Waals surface area contributed by atoms with Gasteiger partial charge >= 0.3 is 0 Å². The first-order valence-corrected chi connectivity index (χ1v) is 9.83. The Labute approximate surface area is 167 Å². The van der Waals surface area contributed by atoms with Crippen molar-refractivity contribution in [2.75, 3.05) is 26.2 Å². The Balaban J connectivity index is 1.61. The molecule has 1 saturated heterocycles. The number of amides is 2. The van der Waals surface area contributed by atoms with Crippen LogP contribution < -0.4 is 0 Å². The van der Waals surface area contributed by atoms with Crippen LogP contribution in [0.25, 0.3) is 0 Å². The maximum atomic E-state index is 13.1. The van der Waals surface area contributed by atoms with Crippen LogP contribution in [-0.2, 0) is 28.5 Å². The molecule has 150 valence electrons. The van der Waals surface area contributed by atoms with E-state index in [1.807, 2.05) is 79.6 Å². The predicted molar refractivity (Wildman–Crippen MR) is 109 cm³/mol. The second-order valence-electron chi connectivity index (χ2n) is 8.11. The summed E-state index contributed by atoms with van der Waals surface area (Å²) in [4.78, 5) is 29.6. The molecular formula is C22H30N4O2. The van der Waals surface area contributed by atoms with E-state index >= 15 is 0 Å². The zero-order valence-electron chi connectivity index (χ0n) is 17.5. The predicted octanol–water partition coefficient (Wildman–Crippen LogP) is 2.23. The molecule has 0 spiro atoms. The number of hydrogen-bond acceptors (Lipinski definition) is 3. The van der Waals surface area contributed by atoms with Gasteiger partial charge in [-0.2, -0.15) is 5.10 Å². The van der Waals surface area contributed by atoms with Crippen LogP contribution in [0, 0.1) is 13.8 Å². The van der Waals surface area contributed by atoms with E-state index in [4.69, 9.17) is 0 Å². The van der Waals surface area contributed by atoms with Gasteiger partial charge in [0, 0.05) is 44.5 Å². The third-order valence-corrected chi connectivity index (χ3v) is 5.94. The lowest BCUT2D eigenvalue weighted by molar-refractivity contribution is -0.142. The second-order valence-corrected chi connectivity index (χ2v) is 8.11. The smallest absolute Gasteiger partial charge is 0.232 e. The molecule has 28 heavy (non-hydrogen) atoms. The Morgan fingerprint density at radius 1 is 1.00 bits per heavy atom. The van der Waals surface area contributed by atoms with Gasteiger partial charge in [-0.3, -0.25) is 14.3 Å². The molecular weight excluding hydrogens is 352 g/mol. The van der Waals surface area contributed by atoms with Crippen molar-refractivity contribution < 1.29 is 9.59 Å². The number of aryl methyl sites for hydroxylation is 2. The van der Waals surface area contributed by atoms with E-state index in [0.717, 1.165) is 22.5 Å². The fourth-order valence-corrected chi connectivity index (χ4v) is 3.87. The molecule has 3 rings (SSSR count). The maximum Gasteiger partial charge on any atom is 0.232 e. The minimum Gasteiger partial charge on any atom is -0.339 e. The molecule has 1 aromatic carbocycles. The molecule has 0 N–H and O–H groups in total. The van der Waals surface area contributed by atoms with Crippen molar-refractivity contribution in [3.63, 3.8) is 0 Å². The van der Waals surface area contributed by atoms with Gasteiger partial charge in [0.25, 0.3) is 0 Å². The van der Waals surface area contributed by atoms with Crippen LogP contribution in [0.5, 0.6) is 0 Å². The summed E-state index contributed by atoms with van der Waals surface area (Å²) in [6.07, 6.45) is 0.370. The minimum absolute atomic E-state index is 0.105. The van der Waals surface area contributed by atoms with Crippen molar-refractivity contribution in [1.82, 2.24) is 19.6 Å². The first-order valence-electron chi connectivity index (χ1n) is 9.83. The average Bonchev–Trinajstić information content (AvgIpc) is 2.94. The molecule has 6 heteroatoms. The van der Waals surface area contributed by atoms with E-state index in [1.54, 1.807) is 0 Å². The van der Waals surface area contributed by atoms with Gasteiger partial charge in [0.15, 0.2) is 0 Å². The van der Waals surface area contributed by atoms with E-state index in [9.17, 15) is 9.59 Å². The van der Waals surface area contributed by atoms with E-state index in [2.05, 4.69) is 5.10 Å². The van der Waals surface area contributed by atoms with Crippen LogP contribution in [0.3, 0.4) is 0 Å². The SMILES string of the molecule is Cc1nn(C)c(C)c1CC(=O)N1CCN(C(=O)C(C)(C)c2ccccc2)CC1. The van der Waals surface area contributed by atoms with Crippen molar-refractivity contribution in [3.8, 4) is 0 Å². The lowest BCUT2D eigenvalue weighted by Gasteiger charge is -2.39. The van der Waals surface area contributed by atoms with Crippen LogP contribution in [-0.4, -0.2) is 57.6 Å². The van der Waals surface area contributed by atoms with Crippen molar-refractivity contribution in [1.29, 1.82) is 0 Å². The average molecular weight is 383 g/mol. The van der Waals surface area contributed by atoms with Gasteiger partial charge in [0.2, 0.25) is 11.8 Å². The second kappa shape index (κ2) is 7.78. The number of piperazine rings is 1. The molecule has 1 aliphatic heterocycles. The molecule has 1 aromatic heterocycles. The fourth-order valence-electron chi connectivity index (χ4n) is 3.87. The Hall–Kier alpha value is -2.63. The molecule has 1 fully saturated rings. The van der Waals surface area contributed by atoms with Crippen LogP contribution in [0.4, 0.5) is 0 Å². The molecule has 0 unspecified atom stereocenters. The number of nitrogens with zero attached hydrogens (tertiary/aromatic N) is 4. The molecule has 0 bridgehead atoms. The molecule has 0 radical (unpaired) electrons. The zero-order chi connectivity index (χ0) is 20.5. The highest BCUT2D eigenvalue weighted by Crippen LogP contribution is 2.26. The van der Waals surface area contributed by atoms with E-state index in [0.29, 0.717) is 32.6 Å². The number of rotatable bonds is 4. The molecule has 0 atom stereocenters. The van der Waals surface area contributed by atoms with Crippen molar-refractivity contribution in [2.45, 2.75) is 39.5 Å². The highest BCUT2D eigenvalue weighted by molar-refractivity contribution is 5.88. The van der Waals surface area contributed by atoms with E-state index in [-0.39, 0.29) is 11.8 Å². The molecule has 6 nitrogen and oxygen atoms in total. The lowest BCUT2D eigenvalue weighted by Crippen LogP contribution is -2.54. The quantitative estimate of drug-likeness (QED) is 0.815. The maximum absolute atomic E-state index is 13.1. The van der Waals surface area contributed by atoms with Gasteiger partial charge in [-0.1, -0.05) is 30.3 Å². The molecule has 1 aliphatic rings. The summed E-state index contributed by atoms with van der Waals surface area (Å²) in [5.41, 5.74) is 3.39. The summed E-state index contributed by atoms with van der Waals surface area (Å²) in [6.45, 7) is 10.2. The van der Waals surface area contributed by atoms with Gasteiger partial charge in [-0.25, -0.2) is 0 Å². The Bertz CT molecular complexity index is 862. The summed E-state index contributed by atoms with van der Waals surface area (Å²) in [5, 5.41) is 4.39. The standard InChI is InChI=1S/C22H30N4O2/c1-16-19(17(2)24(5)23-16)15-20(27)25-11-13-26(14-12-25)21(28)22(3,4)18-9-7-6-8-10-18/h6-10H,11-15H2,1-5H3. The van der Waals surface area contributed by atoms with Gasteiger partial charge in [0.1, 0.15) is 0 Å². The lowest BCUT2D eigenvalue weighted by atomic mass is 9.83. The summed E-state index contributed by atoms with van der Waals surface area (Å²) in [5.74, 6) is 0.221. The van der Waals surface area contributed by atoms with Crippen LogP contribution in [0.2, 0.25) is 0 Å². The third kappa shape index (κ3) is 3.81. The third-order valence-electron chi connectivity index (χ3n) is 5.94. The highest BCUT2D eigenvalue weighted by Gasteiger charge is 2.35. The minimum atomic E-state index is -0.572. The van der Waals surface area contributed by atoms with Gasteiger partial charge < -0.3 is 9.80 Å². The summed E-state index contributed by atoms with van der Waals surface area (Å²) < 4.78 is 1.82. The van der Waals surface area contributed by atoms with Gasteiger partial charge in [0.05, 0.1) is 17.5 Å². The molecule has 2 aromatic rings. The number of carbonyl (C=O) groups excluding carboxylic acids is 2. The highest BCUT2D eigenvalue weighted by atomic mass is 16.2. The Morgan fingerprint density at radius 2 is 1.57 bits per heavy atom. The van der Waals surface area contributed by atoms with Gasteiger partial charge in [-0.05, 0) is 33.3 Å². The molecule has 2 amide bonds. The summed E-state index contributed by atoms with van der Waals surface area (Å²) >= 11 is 0. The topological polar surface area (TPSA) is 58.4 Å². The Morgan fingerprint density at radius 3 is 2.11 bits per heavy atom. The fraction of sp³-hybridized carbons (Fsp3) is 0.500. The number of hydrogen-bond donors (Lipinski definition) is 0. The summed E-state index contributed by atoms with van der Waals surface area (Å²) in [6, 6.07) is 9.87. The van der Waals surface area contributed by atoms with Crippen molar-refractivity contribution >= 4 is 11.8 Å². The van der Waals surface area contributed by atoms with E-state index < -0.39 is 5.41 Å². The number of aromatic nitrogens is 2. The molecule has 0 saturated carbocycles. The first kappa shape index (κ1) is 20.1.